The van der Waals surface area contributed by atoms with Crippen molar-refractivity contribution in [3.63, 3.8) is 0 Å². The van der Waals surface area contributed by atoms with Crippen LogP contribution in [0, 0.1) is 13.8 Å². The van der Waals surface area contributed by atoms with Crippen molar-refractivity contribution in [2.45, 2.75) is 39.2 Å². The maximum Gasteiger partial charge on any atom is 0.138 e. The lowest BCUT2D eigenvalue weighted by atomic mass is 9.96. The Hall–Kier alpha value is -1.62. The Morgan fingerprint density at radius 3 is 3.05 bits per heavy atom. The molecule has 0 radical (unpaired) electrons. The Bertz CT molecular complexity index is 532. The summed E-state index contributed by atoms with van der Waals surface area (Å²) in [6, 6.07) is 0. The molecule has 2 aromatic heterocycles. The number of aromatic nitrogens is 3. The summed E-state index contributed by atoms with van der Waals surface area (Å²) >= 11 is 0. The van der Waals surface area contributed by atoms with E-state index in [9.17, 15) is 0 Å². The summed E-state index contributed by atoms with van der Waals surface area (Å²) in [6.45, 7) is 6.94. The first kappa shape index (κ1) is 12.4. The van der Waals surface area contributed by atoms with Gasteiger partial charge in [0.15, 0.2) is 0 Å². The number of nitrogens with zero attached hydrogens (tertiary/aromatic N) is 3. The van der Waals surface area contributed by atoms with E-state index in [-0.39, 0.29) is 0 Å². The zero-order valence-electron chi connectivity index (χ0n) is 11.5. The maximum absolute atomic E-state index is 5.23. The molecule has 5 nitrogen and oxygen atoms in total. The molecule has 0 saturated carbocycles. The molecule has 1 N–H and O–H groups in total. The van der Waals surface area contributed by atoms with Gasteiger partial charge in [0, 0.05) is 29.9 Å². The number of hydrogen-bond acceptors (Lipinski definition) is 4. The number of rotatable bonds is 3. The second-order valence-electron chi connectivity index (χ2n) is 5.29. The molecule has 1 aliphatic rings. The third-order valence-corrected chi connectivity index (χ3v) is 3.97. The van der Waals surface area contributed by atoms with E-state index >= 15 is 0 Å². The standard InChI is InChI=1S/C14H20N4O/c1-10-13(11(2)19-17-10)8-18-9-16-7-14(18)12-4-3-5-15-6-12/h7,9,12,15H,3-6,8H2,1-2H3. The fourth-order valence-corrected chi connectivity index (χ4v) is 2.81. The Labute approximate surface area is 113 Å². The van der Waals surface area contributed by atoms with Crippen LogP contribution in [0.2, 0.25) is 0 Å². The fraction of sp³-hybridized carbons (Fsp3) is 0.571. The van der Waals surface area contributed by atoms with Crippen LogP contribution >= 0.6 is 0 Å². The highest BCUT2D eigenvalue weighted by Crippen LogP contribution is 2.24. The molecule has 3 rings (SSSR count). The SMILES string of the molecule is Cc1noc(C)c1Cn1cncc1C1CCCNC1. The second kappa shape index (κ2) is 5.17. The molecule has 1 fully saturated rings. The van der Waals surface area contributed by atoms with Crippen LogP contribution in [0.3, 0.4) is 0 Å². The molecule has 1 saturated heterocycles. The van der Waals surface area contributed by atoms with E-state index < -0.39 is 0 Å². The molecule has 5 heteroatoms. The number of piperidine rings is 1. The molecule has 0 spiro atoms. The molecule has 2 aromatic rings. The molecule has 0 amide bonds. The molecule has 1 atom stereocenters. The lowest BCUT2D eigenvalue weighted by Crippen LogP contribution is -2.29. The summed E-state index contributed by atoms with van der Waals surface area (Å²) in [5, 5.41) is 7.48. The van der Waals surface area contributed by atoms with Gasteiger partial charge in [-0.15, -0.1) is 0 Å². The first-order chi connectivity index (χ1) is 9.25. The van der Waals surface area contributed by atoms with Crippen molar-refractivity contribution in [2.24, 2.45) is 0 Å². The zero-order chi connectivity index (χ0) is 13.2. The Balaban J connectivity index is 1.84. The minimum Gasteiger partial charge on any atom is -0.361 e. The van der Waals surface area contributed by atoms with Crippen molar-refractivity contribution in [1.82, 2.24) is 20.0 Å². The average Bonchev–Trinajstić information content (AvgIpc) is 3.02. The number of imidazole rings is 1. The molecular weight excluding hydrogens is 240 g/mol. The van der Waals surface area contributed by atoms with Crippen molar-refractivity contribution in [3.8, 4) is 0 Å². The van der Waals surface area contributed by atoms with E-state index in [2.05, 4.69) is 20.0 Å². The van der Waals surface area contributed by atoms with Gasteiger partial charge >= 0.3 is 0 Å². The first-order valence-electron chi connectivity index (χ1n) is 6.88. The van der Waals surface area contributed by atoms with E-state index in [1.807, 2.05) is 26.4 Å². The highest BCUT2D eigenvalue weighted by atomic mass is 16.5. The number of nitrogens with one attached hydrogen (secondary N) is 1. The normalized spacial score (nSPS) is 19.8. The van der Waals surface area contributed by atoms with E-state index in [0.717, 1.165) is 31.1 Å². The summed E-state index contributed by atoms with van der Waals surface area (Å²) < 4.78 is 7.46. The van der Waals surface area contributed by atoms with Crippen LogP contribution in [0.4, 0.5) is 0 Å². The quantitative estimate of drug-likeness (QED) is 0.917. The van der Waals surface area contributed by atoms with Crippen molar-refractivity contribution >= 4 is 0 Å². The minimum atomic E-state index is 0.566. The van der Waals surface area contributed by atoms with Crippen LogP contribution in [0.25, 0.3) is 0 Å². The van der Waals surface area contributed by atoms with Gasteiger partial charge in [0.05, 0.1) is 18.6 Å². The molecule has 102 valence electrons. The Morgan fingerprint density at radius 1 is 1.47 bits per heavy atom. The van der Waals surface area contributed by atoms with Crippen LogP contribution in [-0.4, -0.2) is 27.8 Å². The lowest BCUT2D eigenvalue weighted by Gasteiger charge is -2.23. The summed E-state index contributed by atoms with van der Waals surface area (Å²) in [4.78, 5) is 4.32. The largest absolute Gasteiger partial charge is 0.361 e. The predicted octanol–water partition coefficient (Wildman–Crippen LogP) is 2.00. The number of aryl methyl sites for hydroxylation is 2. The van der Waals surface area contributed by atoms with Gasteiger partial charge in [-0.1, -0.05) is 5.16 Å². The molecular formula is C14H20N4O. The van der Waals surface area contributed by atoms with E-state index in [0.29, 0.717) is 5.92 Å². The summed E-state index contributed by atoms with van der Waals surface area (Å²) in [7, 11) is 0. The van der Waals surface area contributed by atoms with Crippen LogP contribution in [0.5, 0.6) is 0 Å². The topological polar surface area (TPSA) is 55.9 Å². The fourth-order valence-electron chi connectivity index (χ4n) is 2.81. The van der Waals surface area contributed by atoms with Crippen LogP contribution < -0.4 is 5.32 Å². The van der Waals surface area contributed by atoms with Gasteiger partial charge in [-0.2, -0.15) is 0 Å². The summed E-state index contributed by atoms with van der Waals surface area (Å²) in [5.41, 5.74) is 3.45. The summed E-state index contributed by atoms with van der Waals surface area (Å²) in [5.74, 6) is 1.47. The lowest BCUT2D eigenvalue weighted by molar-refractivity contribution is 0.391. The highest BCUT2D eigenvalue weighted by Gasteiger charge is 2.20. The van der Waals surface area contributed by atoms with Crippen molar-refractivity contribution < 1.29 is 4.52 Å². The number of hydrogen-bond donors (Lipinski definition) is 1. The van der Waals surface area contributed by atoms with Gasteiger partial charge in [-0.3, -0.25) is 0 Å². The van der Waals surface area contributed by atoms with Crippen molar-refractivity contribution in [2.75, 3.05) is 13.1 Å². The molecule has 0 bridgehead atoms. The molecule has 0 aliphatic carbocycles. The Kier molecular flexibility index (Phi) is 3.38. The van der Waals surface area contributed by atoms with Crippen molar-refractivity contribution in [3.05, 3.63) is 35.2 Å². The molecule has 1 aliphatic heterocycles. The van der Waals surface area contributed by atoms with E-state index in [4.69, 9.17) is 4.52 Å². The molecule has 3 heterocycles. The van der Waals surface area contributed by atoms with Gasteiger partial charge in [0.2, 0.25) is 0 Å². The maximum atomic E-state index is 5.23. The second-order valence-corrected chi connectivity index (χ2v) is 5.29. The summed E-state index contributed by atoms with van der Waals surface area (Å²) in [6.07, 6.45) is 6.38. The van der Waals surface area contributed by atoms with Crippen LogP contribution in [-0.2, 0) is 6.54 Å². The third-order valence-electron chi connectivity index (χ3n) is 3.97. The predicted molar refractivity (Wildman–Crippen MR) is 72.2 cm³/mol. The van der Waals surface area contributed by atoms with Gasteiger partial charge in [-0.25, -0.2) is 4.98 Å². The van der Waals surface area contributed by atoms with Gasteiger partial charge < -0.3 is 14.4 Å². The van der Waals surface area contributed by atoms with Gasteiger partial charge in [0.25, 0.3) is 0 Å². The minimum absolute atomic E-state index is 0.566. The van der Waals surface area contributed by atoms with Crippen molar-refractivity contribution in [1.29, 1.82) is 0 Å². The van der Waals surface area contributed by atoms with Gasteiger partial charge in [-0.05, 0) is 33.2 Å². The zero-order valence-corrected chi connectivity index (χ0v) is 11.5. The molecule has 0 aromatic carbocycles. The van der Waals surface area contributed by atoms with E-state index in [1.165, 1.54) is 24.1 Å². The monoisotopic (exact) mass is 260 g/mol. The first-order valence-corrected chi connectivity index (χ1v) is 6.88. The highest BCUT2D eigenvalue weighted by molar-refractivity contribution is 5.22. The van der Waals surface area contributed by atoms with Gasteiger partial charge in [0.1, 0.15) is 5.76 Å². The average molecular weight is 260 g/mol. The van der Waals surface area contributed by atoms with Crippen LogP contribution in [0.1, 0.15) is 41.5 Å². The molecule has 1 unspecified atom stereocenters. The Morgan fingerprint density at radius 2 is 2.37 bits per heavy atom. The molecule has 19 heavy (non-hydrogen) atoms. The van der Waals surface area contributed by atoms with E-state index in [1.54, 1.807) is 0 Å². The smallest absolute Gasteiger partial charge is 0.138 e. The van der Waals surface area contributed by atoms with Crippen LogP contribution in [0.15, 0.2) is 17.0 Å². The third kappa shape index (κ3) is 2.42.